The summed E-state index contributed by atoms with van der Waals surface area (Å²) in [6, 6.07) is 16.8. The molecule has 6 nitrogen and oxygen atoms in total. The lowest BCUT2D eigenvalue weighted by molar-refractivity contribution is -0.114. The van der Waals surface area contributed by atoms with Crippen molar-refractivity contribution in [2.45, 2.75) is 29.4 Å². The summed E-state index contributed by atoms with van der Waals surface area (Å²) in [6.07, 6.45) is 2.33. The van der Waals surface area contributed by atoms with Crippen LogP contribution in [-0.4, -0.2) is 41.4 Å². The Morgan fingerprint density at radius 3 is 2.46 bits per heavy atom. The van der Waals surface area contributed by atoms with Gasteiger partial charge in [0.05, 0.1) is 0 Å². The van der Waals surface area contributed by atoms with Crippen LogP contribution in [0.2, 0.25) is 0 Å². The topological polar surface area (TPSA) is 85.8 Å². The van der Waals surface area contributed by atoms with Crippen molar-refractivity contribution in [1.82, 2.24) is 10.6 Å². The lowest BCUT2D eigenvalue weighted by Crippen LogP contribution is -2.41. The molecule has 1 amide bonds. The normalized spacial score (nSPS) is 15.0. The van der Waals surface area contributed by atoms with Crippen LogP contribution >= 0.6 is 11.8 Å². The number of thioether (sulfide) groups is 1. The predicted octanol–water partition coefficient (Wildman–Crippen LogP) is 3.21. The molecule has 0 heterocycles. The third kappa shape index (κ3) is 6.20. The van der Waals surface area contributed by atoms with E-state index < -0.39 is 0 Å². The molecule has 0 unspecified atom stereocenters. The zero-order valence-corrected chi connectivity index (χ0v) is 16.8. The van der Waals surface area contributed by atoms with Crippen molar-refractivity contribution in [3.8, 4) is 5.75 Å². The van der Waals surface area contributed by atoms with E-state index in [0.29, 0.717) is 11.6 Å². The van der Waals surface area contributed by atoms with E-state index in [-0.39, 0.29) is 22.9 Å². The van der Waals surface area contributed by atoms with E-state index in [4.69, 9.17) is 0 Å². The van der Waals surface area contributed by atoms with Crippen LogP contribution in [0, 0.1) is 0 Å². The number of amides is 1. The Hall–Kier alpha value is -2.67. The van der Waals surface area contributed by atoms with Gasteiger partial charge in [-0.25, -0.2) is 4.99 Å². The molecule has 2 aromatic carbocycles. The third-order valence-corrected chi connectivity index (χ3v) is 5.83. The lowest BCUT2D eigenvalue weighted by atomic mass is 10.3. The van der Waals surface area contributed by atoms with E-state index in [9.17, 15) is 9.90 Å². The number of carbonyl (C=O) groups excluding carboxylic acids is 1. The van der Waals surface area contributed by atoms with Gasteiger partial charge in [-0.1, -0.05) is 18.2 Å². The third-order valence-electron chi connectivity index (χ3n) is 4.34. The highest BCUT2D eigenvalue weighted by molar-refractivity contribution is 8.01. The minimum absolute atomic E-state index is 0.0229. The molecule has 0 atom stereocenters. The Balaban J connectivity index is 1.51. The van der Waals surface area contributed by atoms with Crippen LogP contribution in [0.1, 0.15) is 19.8 Å². The van der Waals surface area contributed by atoms with Crippen molar-refractivity contribution in [1.29, 1.82) is 0 Å². The van der Waals surface area contributed by atoms with Crippen LogP contribution in [0.25, 0.3) is 0 Å². The number of phenolic OH excluding ortho intramolecular Hbond substituents is 1. The molecule has 7 heteroatoms. The molecule has 0 spiro atoms. The lowest BCUT2D eigenvalue weighted by Gasteiger charge is -2.18. The zero-order valence-electron chi connectivity index (χ0n) is 15.9. The van der Waals surface area contributed by atoms with E-state index >= 15 is 0 Å². The number of rotatable bonds is 8. The van der Waals surface area contributed by atoms with Crippen molar-refractivity contribution in [2.24, 2.45) is 4.99 Å². The van der Waals surface area contributed by atoms with Gasteiger partial charge in [-0.3, -0.25) is 4.79 Å². The Kier molecular flexibility index (Phi) is 6.81. The summed E-state index contributed by atoms with van der Waals surface area (Å²) >= 11 is 1.90. The van der Waals surface area contributed by atoms with E-state index in [1.165, 1.54) is 29.9 Å². The second kappa shape index (κ2) is 9.50. The van der Waals surface area contributed by atoms with Gasteiger partial charge in [0, 0.05) is 28.4 Å². The summed E-state index contributed by atoms with van der Waals surface area (Å²) < 4.78 is 0.200. The van der Waals surface area contributed by atoms with Gasteiger partial charge in [0.15, 0.2) is 5.96 Å². The Morgan fingerprint density at radius 2 is 1.82 bits per heavy atom. The first-order chi connectivity index (χ1) is 13.6. The second-order valence-electron chi connectivity index (χ2n) is 6.74. The molecule has 3 rings (SSSR count). The maximum Gasteiger partial charge on any atom is 0.246 e. The van der Waals surface area contributed by atoms with Crippen molar-refractivity contribution in [3.05, 3.63) is 54.6 Å². The molecular weight excluding hydrogens is 372 g/mol. The fourth-order valence-corrected chi connectivity index (χ4v) is 3.92. The first kappa shape index (κ1) is 20.1. The first-order valence-corrected chi connectivity index (χ1v) is 10.3. The maximum absolute atomic E-state index is 12.1. The summed E-state index contributed by atoms with van der Waals surface area (Å²) in [4.78, 5) is 17.8. The van der Waals surface area contributed by atoms with Crippen LogP contribution in [0.3, 0.4) is 0 Å². The SMILES string of the molecule is CCNC(=NCC(=O)Nc1ccc(O)cc1)NCC1(Sc2ccccc2)CC1. The Labute approximate surface area is 169 Å². The average molecular weight is 399 g/mol. The molecule has 0 radical (unpaired) electrons. The van der Waals surface area contributed by atoms with Gasteiger partial charge in [0.25, 0.3) is 0 Å². The first-order valence-electron chi connectivity index (χ1n) is 9.44. The molecule has 0 saturated heterocycles. The molecular formula is C21H26N4O2S. The summed E-state index contributed by atoms with van der Waals surface area (Å²) in [7, 11) is 0. The quantitative estimate of drug-likeness (QED) is 0.312. The smallest absolute Gasteiger partial charge is 0.246 e. The van der Waals surface area contributed by atoms with Gasteiger partial charge >= 0.3 is 0 Å². The molecule has 0 aromatic heterocycles. The molecule has 1 saturated carbocycles. The highest BCUT2D eigenvalue weighted by atomic mass is 32.2. The minimum Gasteiger partial charge on any atom is -0.508 e. The Bertz CT molecular complexity index is 805. The van der Waals surface area contributed by atoms with Crippen LogP contribution in [0.4, 0.5) is 5.69 Å². The van der Waals surface area contributed by atoms with Crippen LogP contribution in [0.5, 0.6) is 5.75 Å². The van der Waals surface area contributed by atoms with Crippen molar-refractivity contribution < 1.29 is 9.90 Å². The predicted molar refractivity (Wildman–Crippen MR) is 115 cm³/mol. The molecule has 148 valence electrons. The van der Waals surface area contributed by atoms with Crippen molar-refractivity contribution >= 4 is 29.3 Å². The van der Waals surface area contributed by atoms with Gasteiger partial charge in [0.2, 0.25) is 5.91 Å². The van der Waals surface area contributed by atoms with E-state index in [1.807, 2.05) is 24.8 Å². The number of carbonyl (C=O) groups is 1. The molecule has 0 aliphatic heterocycles. The number of hydrogen-bond donors (Lipinski definition) is 4. The fourth-order valence-electron chi connectivity index (χ4n) is 2.68. The van der Waals surface area contributed by atoms with Gasteiger partial charge in [-0.2, -0.15) is 0 Å². The summed E-state index contributed by atoms with van der Waals surface area (Å²) in [5.74, 6) is 0.600. The molecule has 1 fully saturated rings. The standard InChI is InChI=1S/C21H26N4O2S/c1-2-22-20(23-14-19(27)25-16-8-10-17(26)11-9-16)24-15-21(12-13-21)28-18-6-4-3-5-7-18/h3-11,26H,2,12-15H2,1H3,(H,25,27)(H2,22,23,24). The number of guanidine groups is 1. The zero-order chi connectivity index (χ0) is 19.8. The fraction of sp³-hybridized carbons (Fsp3) is 0.333. The Morgan fingerprint density at radius 1 is 1.11 bits per heavy atom. The van der Waals surface area contributed by atoms with Crippen LogP contribution in [-0.2, 0) is 4.79 Å². The molecule has 1 aliphatic carbocycles. The average Bonchev–Trinajstić information content (AvgIpc) is 3.46. The summed E-state index contributed by atoms with van der Waals surface area (Å²) in [5, 5.41) is 18.6. The van der Waals surface area contributed by atoms with Gasteiger partial charge < -0.3 is 21.1 Å². The van der Waals surface area contributed by atoms with E-state index in [1.54, 1.807) is 12.1 Å². The number of phenols is 1. The number of benzene rings is 2. The second-order valence-corrected chi connectivity index (χ2v) is 8.28. The molecule has 1 aliphatic rings. The molecule has 28 heavy (non-hydrogen) atoms. The monoisotopic (exact) mass is 398 g/mol. The number of nitrogens with one attached hydrogen (secondary N) is 3. The number of anilines is 1. The van der Waals surface area contributed by atoms with Gasteiger partial charge in [-0.15, -0.1) is 11.8 Å². The molecule has 0 bridgehead atoms. The highest BCUT2D eigenvalue weighted by Crippen LogP contribution is 2.51. The highest BCUT2D eigenvalue weighted by Gasteiger charge is 2.43. The van der Waals surface area contributed by atoms with E-state index in [2.05, 4.69) is 45.2 Å². The molecule has 2 aromatic rings. The van der Waals surface area contributed by atoms with Crippen molar-refractivity contribution in [3.63, 3.8) is 0 Å². The van der Waals surface area contributed by atoms with Crippen LogP contribution < -0.4 is 16.0 Å². The summed E-state index contributed by atoms with van der Waals surface area (Å²) in [6.45, 7) is 3.55. The number of aromatic hydroxyl groups is 1. The van der Waals surface area contributed by atoms with Crippen molar-refractivity contribution in [2.75, 3.05) is 25.0 Å². The number of nitrogens with zero attached hydrogens (tertiary/aromatic N) is 1. The molecule has 4 N–H and O–H groups in total. The number of hydrogen-bond acceptors (Lipinski definition) is 4. The summed E-state index contributed by atoms with van der Waals surface area (Å²) in [5.41, 5.74) is 0.632. The van der Waals surface area contributed by atoms with Crippen LogP contribution in [0.15, 0.2) is 64.5 Å². The van der Waals surface area contributed by atoms with Gasteiger partial charge in [-0.05, 0) is 56.2 Å². The van der Waals surface area contributed by atoms with Gasteiger partial charge in [0.1, 0.15) is 12.3 Å². The van der Waals surface area contributed by atoms with E-state index in [0.717, 1.165) is 13.1 Å². The minimum atomic E-state index is -0.206. The largest absolute Gasteiger partial charge is 0.508 e. The maximum atomic E-state index is 12.1. The number of aliphatic imine (C=N–C) groups is 1.